The lowest BCUT2D eigenvalue weighted by molar-refractivity contribution is -0.134. The van der Waals surface area contributed by atoms with Gasteiger partial charge in [-0.2, -0.15) is 0 Å². The molecule has 2 aromatic heterocycles. The largest absolute Gasteiger partial charge is 0.342 e. The second-order valence-electron chi connectivity index (χ2n) is 6.05. The van der Waals surface area contributed by atoms with Gasteiger partial charge in [-0.1, -0.05) is 17.4 Å². The van der Waals surface area contributed by atoms with Crippen molar-refractivity contribution in [3.05, 3.63) is 35.6 Å². The molecule has 1 aliphatic heterocycles. The van der Waals surface area contributed by atoms with Crippen LogP contribution in [0.4, 0.5) is 5.13 Å². The number of aromatic nitrogens is 3. The standard InChI is InChI=1S/C17H19N5O3S/c23-14(20-17-21-19-11-26-17)6-7-15(24)22-9-3-4-12(10-22)16(25)13-5-1-2-8-18-13/h1-2,5,8,11-12H,3-4,6-7,9-10H2,(H,20,21,23). The van der Waals surface area contributed by atoms with Gasteiger partial charge >= 0.3 is 0 Å². The molecular formula is C17H19N5O3S. The van der Waals surface area contributed by atoms with Crippen molar-refractivity contribution in [2.45, 2.75) is 25.7 Å². The van der Waals surface area contributed by atoms with E-state index in [2.05, 4.69) is 20.5 Å². The molecule has 2 amide bonds. The maximum atomic E-state index is 12.5. The summed E-state index contributed by atoms with van der Waals surface area (Å²) >= 11 is 1.22. The Bertz CT molecular complexity index is 766. The van der Waals surface area contributed by atoms with Crippen LogP contribution in [0.1, 0.15) is 36.2 Å². The highest BCUT2D eigenvalue weighted by molar-refractivity contribution is 7.13. The van der Waals surface area contributed by atoms with Gasteiger partial charge in [0.2, 0.25) is 16.9 Å². The van der Waals surface area contributed by atoms with Crippen LogP contribution in [-0.4, -0.2) is 50.8 Å². The highest BCUT2D eigenvalue weighted by Gasteiger charge is 2.29. The summed E-state index contributed by atoms with van der Waals surface area (Å²) in [6, 6.07) is 5.24. The number of nitrogens with one attached hydrogen (secondary N) is 1. The fourth-order valence-electron chi connectivity index (χ4n) is 2.92. The number of rotatable bonds is 6. The van der Waals surface area contributed by atoms with Crippen LogP contribution >= 0.6 is 11.3 Å². The normalized spacial score (nSPS) is 16.9. The van der Waals surface area contributed by atoms with E-state index in [1.54, 1.807) is 29.3 Å². The van der Waals surface area contributed by atoms with E-state index in [0.717, 1.165) is 12.8 Å². The number of hydrogen-bond acceptors (Lipinski definition) is 7. The van der Waals surface area contributed by atoms with Gasteiger partial charge in [-0.05, 0) is 25.0 Å². The number of anilines is 1. The number of pyridine rings is 1. The first-order valence-corrected chi connectivity index (χ1v) is 9.30. The summed E-state index contributed by atoms with van der Waals surface area (Å²) in [4.78, 5) is 42.6. The number of carbonyl (C=O) groups is 3. The van der Waals surface area contributed by atoms with Crippen LogP contribution in [0.3, 0.4) is 0 Å². The van der Waals surface area contributed by atoms with Gasteiger partial charge in [0.1, 0.15) is 11.2 Å². The van der Waals surface area contributed by atoms with E-state index < -0.39 is 0 Å². The van der Waals surface area contributed by atoms with Crippen molar-refractivity contribution in [2.75, 3.05) is 18.4 Å². The van der Waals surface area contributed by atoms with Gasteiger partial charge in [0, 0.05) is 38.0 Å². The zero-order chi connectivity index (χ0) is 18.4. The first-order chi connectivity index (χ1) is 12.6. The molecule has 0 aliphatic carbocycles. The zero-order valence-electron chi connectivity index (χ0n) is 14.1. The van der Waals surface area contributed by atoms with E-state index in [-0.39, 0.29) is 36.4 Å². The number of carbonyl (C=O) groups excluding carboxylic acids is 3. The number of amides is 2. The van der Waals surface area contributed by atoms with Gasteiger partial charge in [-0.3, -0.25) is 19.4 Å². The molecule has 9 heteroatoms. The molecule has 8 nitrogen and oxygen atoms in total. The van der Waals surface area contributed by atoms with Gasteiger partial charge in [-0.15, -0.1) is 10.2 Å². The minimum absolute atomic E-state index is 0.0305. The predicted molar refractivity (Wildman–Crippen MR) is 95.6 cm³/mol. The SMILES string of the molecule is O=C(CCC(=O)N1CCCC(C(=O)c2ccccn2)C1)Nc1nncs1. The van der Waals surface area contributed by atoms with Gasteiger partial charge in [-0.25, -0.2) is 0 Å². The molecule has 136 valence electrons. The van der Waals surface area contributed by atoms with Crippen molar-refractivity contribution in [3.8, 4) is 0 Å². The van der Waals surface area contributed by atoms with Crippen LogP contribution < -0.4 is 5.32 Å². The Hall–Kier alpha value is -2.68. The van der Waals surface area contributed by atoms with Crippen LogP contribution in [0.5, 0.6) is 0 Å². The molecular weight excluding hydrogens is 354 g/mol. The lowest BCUT2D eigenvalue weighted by Gasteiger charge is -2.32. The summed E-state index contributed by atoms with van der Waals surface area (Å²) in [7, 11) is 0. The third-order valence-electron chi connectivity index (χ3n) is 4.23. The number of hydrogen-bond donors (Lipinski definition) is 1. The quantitative estimate of drug-likeness (QED) is 0.774. The molecule has 0 spiro atoms. The van der Waals surface area contributed by atoms with Crippen LogP contribution in [0, 0.1) is 5.92 Å². The molecule has 1 saturated heterocycles. The predicted octanol–water partition coefficient (Wildman–Crippen LogP) is 1.77. The van der Waals surface area contributed by atoms with Crippen molar-refractivity contribution in [2.24, 2.45) is 5.92 Å². The van der Waals surface area contributed by atoms with Crippen molar-refractivity contribution < 1.29 is 14.4 Å². The molecule has 0 aromatic carbocycles. The molecule has 1 aliphatic rings. The van der Waals surface area contributed by atoms with Crippen molar-refractivity contribution in [3.63, 3.8) is 0 Å². The second-order valence-corrected chi connectivity index (χ2v) is 6.88. The fraction of sp³-hybridized carbons (Fsp3) is 0.412. The first kappa shape index (κ1) is 18.1. The van der Waals surface area contributed by atoms with Crippen molar-refractivity contribution >= 4 is 34.1 Å². The van der Waals surface area contributed by atoms with E-state index >= 15 is 0 Å². The molecule has 0 bridgehead atoms. The molecule has 1 fully saturated rings. The number of nitrogens with zero attached hydrogens (tertiary/aromatic N) is 4. The molecule has 3 rings (SSSR count). The first-order valence-electron chi connectivity index (χ1n) is 8.42. The van der Waals surface area contributed by atoms with Crippen molar-refractivity contribution in [1.29, 1.82) is 0 Å². The van der Waals surface area contributed by atoms with E-state index in [0.29, 0.717) is 23.9 Å². The molecule has 2 aromatic rings. The van der Waals surface area contributed by atoms with Crippen LogP contribution in [-0.2, 0) is 9.59 Å². The highest BCUT2D eigenvalue weighted by Crippen LogP contribution is 2.21. The summed E-state index contributed by atoms with van der Waals surface area (Å²) in [5.74, 6) is -0.654. The van der Waals surface area contributed by atoms with Crippen LogP contribution in [0.25, 0.3) is 0 Å². The van der Waals surface area contributed by atoms with Gasteiger partial charge in [0.15, 0.2) is 5.78 Å². The Balaban J connectivity index is 1.50. The fourth-order valence-corrected chi connectivity index (χ4v) is 3.38. The van der Waals surface area contributed by atoms with Crippen LogP contribution in [0.15, 0.2) is 29.9 Å². The number of ketones is 1. The van der Waals surface area contributed by atoms with E-state index in [4.69, 9.17) is 0 Å². The molecule has 1 atom stereocenters. The second kappa shape index (κ2) is 8.61. The highest BCUT2D eigenvalue weighted by atomic mass is 32.1. The summed E-state index contributed by atoms with van der Waals surface area (Å²) in [6.45, 7) is 0.995. The Labute approximate surface area is 154 Å². The van der Waals surface area contributed by atoms with Gasteiger partial charge < -0.3 is 10.2 Å². The van der Waals surface area contributed by atoms with E-state index in [1.807, 2.05) is 0 Å². The topological polar surface area (TPSA) is 105 Å². The van der Waals surface area contributed by atoms with Crippen molar-refractivity contribution in [1.82, 2.24) is 20.1 Å². The summed E-state index contributed by atoms with van der Waals surface area (Å²) in [6.07, 6.45) is 3.29. The minimum Gasteiger partial charge on any atom is -0.342 e. The van der Waals surface area contributed by atoms with E-state index in [9.17, 15) is 14.4 Å². The Morgan fingerprint density at radius 3 is 2.88 bits per heavy atom. The number of likely N-dealkylation sites (tertiary alicyclic amines) is 1. The Morgan fingerprint density at radius 2 is 2.15 bits per heavy atom. The molecule has 26 heavy (non-hydrogen) atoms. The molecule has 1 N–H and O–H groups in total. The van der Waals surface area contributed by atoms with Gasteiger partial charge in [0.05, 0.1) is 0 Å². The number of Topliss-reactive ketones (excluding diaryl/α,β-unsaturated/α-hetero) is 1. The third kappa shape index (κ3) is 4.69. The van der Waals surface area contributed by atoms with Crippen LogP contribution in [0.2, 0.25) is 0 Å². The molecule has 0 saturated carbocycles. The van der Waals surface area contributed by atoms with Gasteiger partial charge in [0.25, 0.3) is 0 Å². The number of piperidine rings is 1. The Morgan fingerprint density at radius 1 is 1.27 bits per heavy atom. The lowest BCUT2D eigenvalue weighted by atomic mass is 9.91. The lowest BCUT2D eigenvalue weighted by Crippen LogP contribution is -2.42. The average molecular weight is 373 g/mol. The maximum absolute atomic E-state index is 12.5. The summed E-state index contributed by atoms with van der Waals surface area (Å²) in [5, 5.41) is 10.4. The third-order valence-corrected chi connectivity index (χ3v) is 4.84. The summed E-state index contributed by atoms with van der Waals surface area (Å²) in [5.41, 5.74) is 1.95. The zero-order valence-corrected chi connectivity index (χ0v) is 14.9. The summed E-state index contributed by atoms with van der Waals surface area (Å²) < 4.78 is 0. The maximum Gasteiger partial charge on any atom is 0.226 e. The molecule has 0 radical (unpaired) electrons. The smallest absolute Gasteiger partial charge is 0.226 e. The van der Waals surface area contributed by atoms with E-state index in [1.165, 1.54) is 16.8 Å². The molecule has 3 heterocycles. The average Bonchev–Trinajstić information content (AvgIpc) is 3.19. The molecule has 1 unspecified atom stereocenters. The monoisotopic (exact) mass is 373 g/mol. The Kier molecular flexibility index (Phi) is 6.00. The minimum atomic E-state index is -0.270.